The summed E-state index contributed by atoms with van der Waals surface area (Å²) in [5, 5.41) is 9.04. The number of hydrogen-bond acceptors (Lipinski definition) is 2. The van der Waals surface area contributed by atoms with Crippen molar-refractivity contribution in [2.75, 3.05) is 0 Å². The van der Waals surface area contributed by atoms with Crippen molar-refractivity contribution in [3.05, 3.63) is 30.1 Å². The van der Waals surface area contributed by atoms with E-state index in [4.69, 9.17) is 5.11 Å². The summed E-state index contributed by atoms with van der Waals surface area (Å²) in [6.07, 6.45) is 5.60. The van der Waals surface area contributed by atoms with E-state index in [-0.39, 0.29) is 0 Å². The third-order valence-electron chi connectivity index (χ3n) is 4.84. The fraction of sp³-hybridized carbons (Fsp3) is 0.500. The molecule has 0 saturated heterocycles. The van der Waals surface area contributed by atoms with Crippen molar-refractivity contribution in [3.8, 4) is 0 Å². The number of aromatic carboxylic acids is 1. The van der Waals surface area contributed by atoms with Crippen LogP contribution in [0.5, 0.6) is 0 Å². The lowest BCUT2D eigenvalue weighted by molar-refractivity contribution is 0.0697. The standard InChI is InChI=1S/C16H20N2O2/c1-10-4-3-5-14(11(10)2)18-9-17-13-8-12(16(19)20)6-7-15(13)18/h6-11,14H,3-5H2,1-2H3,(H,19,20)/t10-,11+,14+/m0/s1. The van der Waals surface area contributed by atoms with Crippen LogP contribution in [-0.2, 0) is 0 Å². The Hall–Kier alpha value is -1.84. The Kier molecular flexibility index (Phi) is 3.24. The number of fused-ring (bicyclic) bond motifs is 1. The minimum Gasteiger partial charge on any atom is -0.478 e. The van der Waals surface area contributed by atoms with Gasteiger partial charge >= 0.3 is 5.97 Å². The van der Waals surface area contributed by atoms with Gasteiger partial charge in [-0.05, 0) is 36.5 Å². The third-order valence-corrected chi connectivity index (χ3v) is 4.84. The van der Waals surface area contributed by atoms with Gasteiger partial charge in [0.25, 0.3) is 0 Å². The molecule has 0 aliphatic heterocycles. The molecule has 4 heteroatoms. The summed E-state index contributed by atoms with van der Waals surface area (Å²) in [4.78, 5) is 15.4. The van der Waals surface area contributed by atoms with Crippen molar-refractivity contribution in [1.29, 1.82) is 0 Å². The normalized spacial score (nSPS) is 26.8. The quantitative estimate of drug-likeness (QED) is 0.906. The number of aromatic nitrogens is 2. The molecule has 1 aromatic carbocycles. The number of nitrogens with zero attached hydrogens (tertiary/aromatic N) is 2. The highest BCUT2D eigenvalue weighted by atomic mass is 16.4. The van der Waals surface area contributed by atoms with E-state index in [1.54, 1.807) is 12.1 Å². The highest BCUT2D eigenvalue weighted by molar-refractivity contribution is 5.92. The van der Waals surface area contributed by atoms with E-state index in [0.717, 1.165) is 17.0 Å². The molecule has 20 heavy (non-hydrogen) atoms. The molecule has 2 aromatic rings. The van der Waals surface area contributed by atoms with Gasteiger partial charge in [0.1, 0.15) is 0 Å². The molecule has 1 heterocycles. The van der Waals surface area contributed by atoms with Crippen molar-refractivity contribution < 1.29 is 9.90 Å². The Balaban J connectivity index is 2.02. The maximum absolute atomic E-state index is 11.0. The van der Waals surface area contributed by atoms with Gasteiger partial charge in [-0.25, -0.2) is 9.78 Å². The van der Waals surface area contributed by atoms with E-state index in [1.165, 1.54) is 19.3 Å². The molecule has 1 aromatic heterocycles. The van der Waals surface area contributed by atoms with Crippen LogP contribution in [0.2, 0.25) is 0 Å². The summed E-state index contributed by atoms with van der Waals surface area (Å²) >= 11 is 0. The molecule has 0 unspecified atom stereocenters. The number of imidazole rings is 1. The smallest absolute Gasteiger partial charge is 0.335 e. The molecule has 106 valence electrons. The van der Waals surface area contributed by atoms with Crippen molar-refractivity contribution in [1.82, 2.24) is 9.55 Å². The van der Waals surface area contributed by atoms with Gasteiger partial charge in [0, 0.05) is 6.04 Å². The Morgan fingerprint density at radius 2 is 2.15 bits per heavy atom. The lowest BCUT2D eigenvalue weighted by Crippen LogP contribution is -2.26. The van der Waals surface area contributed by atoms with Crippen LogP contribution in [0, 0.1) is 11.8 Å². The average molecular weight is 272 g/mol. The minimum absolute atomic E-state index is 0.299. The molecule has 1 N–H and O–H groups in total. The molecule has 0 bridgehead atoms. The average Bonchev–Trinajstić information content (AvgIpc) is 2.84. The Morgan fingerprint density at radius 3 is 2.90 bits per heavy atom. The number of carboxylic acids is 1. The summed E-state index contributed by atoms with van der Waals surface area (Å²) in [5.74, 6) is 0.450. The van der Waals surface area contributed by atoms with Crippen LogP contribution in [0.1, 0.15) is 49.5 Å². The predicted octanol–water partition coefficient (Wildman–Crippen LogP) is 3.73. The maximum atomic E-state index is 11.0. The van der Waals surface area contributed by atoms with Gasteiger partial charge in [0.15, 0.2) is 0 Å². The summed E-state index contributed by atoms with van der Waals surface area (Å²) in [7, 11) is 0. The van der Waals surface area contributed by atoms with Crippen LogP contribution in [0.25, 0.3) is 11.0 Å². The van der Waals surface area contributed by atoms with Crippen molar-refractivity contribution >= 4 is 17.0 Å². The molecule has 1 fully saturated rings. The summed E-state index contributed by atoms with van der Waals surface area (Å²) < 4.78 is 2.24. The second-order valence-electron chi connectivity index (χ2n) is 6.00. The fourth-order valence-corrected chi connectivity index (χ4v) is 3.38. The summed E-state index contributed by atoms with van der Waals surface area (Å²) in [6.45, 7) is 4.63. The first-order valence-electron chi connectivity index (χ1n) is 7.28. The SMILES string of the molecule is C[C@H]1[C@H](n2cnc3cc(C(=O)O)ccc32)CCC[C@@H]1C. The van der Waals surface area contributed by atoms with Crippen LogP contribution in [-0.4, -0.2) is 20.6 Å². The van der Waals surface area contributed by atoms with E-state index in [9.17, 15) is 4.79 Å². The Morgan fingerprint density at radius 1 is 1.35 bits per heavy atom. The van der Waals surface area contributed by atoms with E-state index in [0.29, 0.717) is 17.5 Å². The first-order valence-corrected chi connectivity index (χ1v) is 7.28. The monoisotopic (exact) mass is 272 g/mol. The van der Waals surface area contributed by atoms with Crippen LogP contribution >= 0.6 is 0 Å². The number of benzene rings is 1. The Labute approximate surface area is 118 Å². The molecule has 3 atom stereocenters. The maximum Gasteiger partial charge on any atom is 0.335 e. The van der Waals surface area contributed by atoms with Gasteiger partial charge in [0.05, 0.1) is 22.9 Å². The zero-order chi connectivity index (χ0) is 14.3. The molecule has 1 saturated carbocycles. The second kappa shape index (κ2) is 4.93. The predicted molar refractivity (Wildman–Crippen MR) is 77.9 cm³/mol. The number of hydrogen-bond donors (Lipinski definition) is 1. The molecule has 3 rings (SSSR count). The van der Waals surface area contributed by atoms with Gasteiger partial charge in [0.2, 0.25) is 0 Å². The number of rotatable bonds is 2. The molecular weight excluding hydrogens is 252 g/mol. The minimum atomic E-state index is -0.902. The van der Waals surface area contributed by atoms with Crippen LogP contribution in [0.3, 0.4) is 0 Å². The highest BCUT2D eigenvalue weighted by Crippen LogP contribution is 2.38. The largest absolute Gasteiger partial charge is 0.478 e. The lowest BCUT2D eigenvalue weighted by atomic mass is 9.78. The molecule has 4 nitrogen and oxygen atoms in total. The van der Waals surface area contributed by atoms with Crippen LogP contribution in [0.4, 0.5) is 0 Å². The van der Waals surface area contributed by atoms with E-state index < -0.39 is 5.97 Å². The van der Waals surface area contributed by atoms with Gasteiger partial charge in [-0.15, -0.1) is 0 Å². The topological polar surface area (TPSA) is 55.1 Å². The zero-order valence-electron chi connectivity index (χ0n) is 11.9. The zero-order valence-corrected chi connectivity index (χ0v) is 11.9. The van der Waals surface area contributed by atoms with Gasteiger partial charge in [-0.3, -0.25) is 0 Å². The summed E-state index contributed by atoms with van der Waals surface area (Å²) in [5.41, 5.74) is 2.11. The van der Waals surface area contributed by atoms with Gasteiger partial charge in [-0.2, -0.15) is 0 Å². The lowest BCUT2D eigenvalue weighted by Gasteiger charge is -2.35. The molecule has 0 radical (unpaired) electrons. The summed E-state index contributed by atoms with van der Waals surface area (Å²) in [6, 6.07) is 5.68. The number of carbonyl (C=O) groups is 1. The van der Waals surface area contributed by atoms with Crippen molar-refractivity contribution in [3.63, 3.8) is 0 Å². The van der Waals surface area contributed by atoms with Gasteiger partial charge < -0.3 is 9.67 Å². The van der Waals surface area contributed by atoms with Crippen LogP contribution in [0.15, 0.2) is 24.5 Å². The Bertz CT molecular complexity index is 647. The first kappa shape index (κ1) is 13.2. The van der Waals surface area contributed by atoms with Crippen molar-refractivity contribution in [2.24, 2.45) is 11.8 Å². The number of carboxylic acid groups (broad SMARTS) is 1. The van der Waals surface area contributed by atoms with E-state index >= 15 is 0 Å². The highest BCUT2D eigenvalue weighted by Gasteiger charge is 2.29. The first-order chi connectivity index (χ1) is 9.58. The van der Waals surface area contributed by atoms with E-state index in [2.05, 4.69) is 23.4 Å². The molecular formula is C16H20N2O2. The molecule has 1 aliphatic carbocycles. The third kappa shape index (κ3) is 2.09. The fourth-order valence-electron chi connectivity index (χ4n) is 3.38. The second-order valence-corrected chi connectivity index (χ2v) is 6.00. The van der Waals surface area contributed by atoms with Crippen molar-refractivity contribution in [2.45, 2.75) is 39.2 Å². The molecule has 1 aliphatic rings. The molecule has 0 spiro atoms. The van der Waals surface area contributed by atoms with E-state index in [1.807, 2.05) is 12.4 Å². The molecule has 0 amide bonds. The van der Waals surface area contributed by atoms with Crippen LogP contribution < -0.4 is 0 Å². The van der Waals surface area contributed by atoms with Gasteiger partial charge in [-0.1, -0.05) is 26.7 Å².